The molecule has 4 rings (SSSR count). The molecule has 7 heteroatoms. The van der Waals surface area contributed by atoms with Crippen LogP contribution in [0.1, 0.15) is 33.1 Å². The van der Waals surface area contributed by atoms with Crippen LogP contribution in [0.2, 0.25) is 0 Å². The van der Waals surface area contributed by atoms with Gasteiger partial charge in [-0.15, -0.1) is 0 Å². The van der Waals surface area contributed by atoms with E-state index in [0.29, 0.717) is 19.1 Å². The molecule has 2 heterocycles. The smallest absolute Gasteiger partial charge is 0.315 e. The molecule has 1 saturated carbocycles. The fourth-order valence-corrected chi connectivity index (χ4v) is 6.40. The lowest BCUT2D eigenvalue weighted by Crippen LogP contribution is -3.28. The summed E-state index contributed by atoms with van der Waals surface area (Å²) in [6, 6.07) is 0. The minimum absolute atomic E-state index is 0.0772. The third-order valence-electron chi connectivity index (χ3n) is 8.58. The molecule has 0 amide bonds. The Morgan fingerprint density at radius 3 is 2.70 bits per heavy atom. The molecule has 2 aliphatic carbocycles. The first-order chi connectivity index (χ1) is 14.4. The van der Waals surface area contributed by atoms with Crippen LogP contribution in [0.4, 0.5) is 0 Å². The van der Waals surface area contributed by atoms with E-state index < -0.39 is 6.10 Å². The number of hydrogen-bond acceptors (Lipinski definition) is 5. The maximum absolute atomic E-state index is 12.8. The number of ether oxygens (including phenoxy) is 2. The molecule has 2 saturated heterocycles. The summed E-state index contributed by atoms with van der Waals surface area (Å²) in [5.41, 5.74) is 1.08. The van der Waals surface area contributed by atoms with Gasteiger partial charge in [-0.25, -0.2) is 0 Å². The van der Waals surface area contributed by atoms with Gasteiger partial charge in [0.15, 0.2) is 0 Å². The number of esters is 1. The van der Waals surface area contributed by atoms with Gasteiger partial charge in [-0.3, -0.25) is 4.79 Å². The quantitative estimate of drug-likeness (QED) is 0.217. The van der Waals surface area contributed by atoms with E-state index in [1.54, 1.807) is 0 Å². The Hall–Kier alpha value is -0.990. The van der Waals surface area contributed by atoms with Crippen molar-refractivity contribution in [2.24, 2.45) is 23.2 Å². The zero-order valence-corrected chi connectivity index (χ0v) is 18.6. The number of piperazine rings is 1. The van der Waals surface area contributed by atoms with Crippen molar-refractivity contribution in [1.29, 1.82) is 0 Å². The molecule has 4 N–H and O–H groups in total. The molecule has 0 bridgehead atoms. The van der Waals surface area contributed by atoms with Gasteiger partial charge in [0, 0.05) is 17.8 Å². The minimum Gasteiger partial charge on any atom is -0.461 e. The van der Waals surface area contributed by atoms with E-state index in [4.69, 9.17) is 14.6 Å². The van der Waals surface area contributed by atoms with Crippen LogP contribution in [0.15, 0.2) is 11.6 Å². The summed E-state index contributed by atoms with van der Waals surface area (Å²) in [6.07, 6.45) is 4.59. The minimum atomic E-state index is -0.510. The van der Waals surface area contributed by atoms with Gasteiger partial charge in [0.1, 0.15) is 44.7 Å². The van der Waals surface area contributed by atoms with Crippen molar-refractivity contribution in [3.63, 3.8) is 0 Å². The first-order valence-corrected chi connectivity index (χ1v) is 11.9. The zero-order valence-electron chi connectivity index (χ0n) is 18.6. The molecule has 6 atom stereocenters. The lowest BCUT2D eigenvalue weighted by molar-refractivity contribution is -1.01. The van der Waals surface area contributed by atoms with Crippen LogP contribution < -0.4 is 9.80 Å². The predicted octanol–water partition coefficient (Wildman–Crippen LogP) is -1.94. The Labute approximate surface area is 180 Å². The first kappa shape index (κ1) is 22.2. The van der Waals surface area contributed by atoms with Gasteiger partial charge in [0.25, 0.3) is 0 Å². The maximum Gasteiger partial charge on any atom is 0.315 e. The lowest BCUT2D eigenvalue weighted by atomic mass is 9.55. The van der Waals surface area contributed by atoms with Crippen LogP contribution in [0.3, 0.4) is 0 Å². The highest BCUT2D eigenvalue weighted by atomic mass is 16.6. The van der Waals surface area contributed by atoms with Crippen LogP contribution in [0.25, 0.3) is 0 Å². The molecule has 2 aliphatic heterocycles. The summed E-state index contributed by atoms with van der Waals surface area (Å²) in [5, 5.41) is 20.3. The number of aliphatic hydroxyl groups excluding tert-OH is 2. The second-order valence-electron chi connectivity index (χ2n) is 10.1. The third kappa shape index (κ3) is 4.07. The summed E-state index contributed by atoms with van der Waals surface area (Å²) < 4.78 is 11.2. The van der Waals surface area contributed by atoms with Crippen molar-refractivity contribution in [1.82, 2.24) is 0 Å². The van der Waals surface area contributed by atoms with Crippen molar-refractivity contribution in [2.45, 2.75) is 45.3 Å². The fraction of sp³-hybridized carbons (Fsp3) is 0.870. The van der Waals surface area contributed by atoms with Gasteiger partial charge < -0.3 is 29.5 Å². The van der Waals surface area contributed by atoms with E-state index in [0.717, 1.165) is 58.5 Å². The summed E-state index contributed by atoms with van der Waals surface area (Å²) in [5.74, 6) is 0.0588. The number of nitrogens with one attached hydrogen (secondary N) is 2. The Morgan fingerprint density at radius 1 is 1.23 bits per heavy atom. The normalized spacial score (nSPS) is 43.5. The van der Waals surface area contributed by atoms with Crippen molar-refractivity contribution in [3.05, 3.63) is 11.6 Å². The molecule has 30 heavy (non-hydrogen) atoms. The lowest BCUT2D eigenvalue weighted by Gasteiger charge is -2.51. The molecular formula is C23H40N2O5+2. The predicted molar refractivity (Wildman–Crippen MR) is 111 cm³/mol. The second-order valence-corrected chi connectivity index (χ2v) is 10.1. The SMILES string of the molecule is C[C@@H]1CCC=C2C[C@H]3OC(=O)[C@@H](C[NH+]4CC[NH+](CCOCCO)CC4)[C@H]3[C@H](O)[C@@]21C. The van der Waals surface area contributed by atoms with Crippen LogP contribution in [-0.2, 0) is 14.3 Å². The summed E-state index contributed by atoms with van der Waals surface area (Å²) in [4.78, 5) is 15.8. The largest absolute Gasteiger partial charge is 0.461 e. The molecule has 0 unspecified atom stereocenters. The molecule has 0 spiro atoms. The Kier molecular flexibility index (Phi) is 6.85. The number of quaternary nitrogens is 2. The van der Waals surface area contributed by atoms with E-state index in [1.165, 1.54) is 15.4 Å². The summed E-state index contributed by atoms with van der Waals surface area (Å²) in [6.45, 7) is 11.6. The average molecular weight is 425 g/mol. The molecule has 170 valence electrons. The summed E-state index contributed by atoms with van der Waals surface area (Å²) in [7, 11) is 0. The van der Waals surface area contributed by atoms with Crippen LogP contribution in [-0.4, -0.2) is 87.5 Å². The highest BCUT2D eigenvalue weighted by Crippen LogP contribution is 2.55. The molecule has 7 nitrogen and oxygen atoms in total. The Balaban J connectivity index is 1.36. The molecule has 3 fully saturated rings. The van der Waals surface area contributed by atoms with Gasteiger partial charge in [-0.2, -0.15) is 0 Å². The van der Waals surface area contributed by atoms with E-state index in [9.17, 15) is 9.90 Å². The van der Waals surface area contributed by atoms with Gasteiger partial charge in [0.05, 0.1) is 32.5 Å². The first-order valence-electron chi connectivity index (χ1n) is 11.9. The number of aliphatic hydroxyl groups is 2. The van der Waals surface area contributed by atoms with E-state index in [-0.39, 0.29) is 35.9 Å². The topological polar surface area (TPSA) is 84.9 Å². The van der Waals surface area contributed by atoms with Crippen molar-refractivity contribution in [2.75, 3.05) is 59.1 Å². The highest BCUT2D eigenvalue weighted by Gasteiger charge is 2.60. The maximum atomic E-state index is 12.8. The van der Waals surface area contributed by atoms with Crippen LogP contribution in [0, 0.1) is 23.2 Å². The molecule has 0 radical (unpaired) electrons. The van der Waals surface area contributed by atoms with Gasteiger partial charge in [0.2, 0.25) is 0 Å². The monoisotopic (exact) mass is 424 g/mol. The van der Waals surface area contributed by atoms with Gasteiger partial charge in [-0.05, 0) is 18.8 Å². The van der Waals surface area contributed by atoms with Crippen molar-refractivity contribution >= 4 is 5.97 Å². The summed E-state index contributed by atoms with van der Waals surface area (Å²) >= 11 is 0. The van der Waals surface area contributed by atoms with Gasteiger partial charge in [-0.1, -0.05) is 25.5 Å². The second kappa shape index (κ2) is 9.25. The average Bonchev–Trinajstić information content (AvgIpc) is 3.04. The van der Waals surface area contributed by atoms with Crippen molar-refractivity contribution < 1.29 is 34.3 Å². The van der Waals surface area contributed by atoms with Crippen LogP contribution in [0.5, 0.6) is 0 Å². The van der Waals surface area contributed by atoms with Crippen LogP contribution >= 0.6 is 0 Å². The molecule has 0 aromatic heterocycles. The Bertz CT molecular complexity index is 648. The number of rotatable bonds is 7. The molecule has 0 aromatic carbocycles. The van der Waals surface area contributed by atoms with E-state index in [2.05, 4.69) is 19.9 Å². The Morgan fingerprint density at radius 2 is 1.97 bits per heavy atom. The number of allylic oxidation sites excluding steroid dienone is 1. The van der Waals surface area contributed by atoms with E-state index >= 15 is 0 Å². The molecule has 4 aliphatic rings. The molecular weight excluding hydrogens is 384 g/mol. The third-order valence-corrected chi connectivity index (χ3v) is 8.58. The number of hydrogen-bond donors (Lipinski definition) is 4. The fourth-order valence-electron chi connectivity index (χ4n) is 6.40. The number of fused-ring (bicyclic) bond motifs is 2. The van der Waals surface area contributed by atoms with Crippen molar-refractivity contribution in [3.8, 4) is 0 Å². The number of carbonyl (C=O) groups excluding carboxylic acids is 1. The van der Waals surface area contributed by atoms with Gasteiger partial charge >= 0.3 is 5.97 Å². The number of carbonyl (C=O) groups is 1. The molecule has 0 aromatic rings. The van der Waals surface area contributed by atoms with E-state index in [1.807, 2.05) is 0 Å². The highest BCUT2D eigenvalue weighted by molar-refractivity contribution is 5.76. The standard InChI is InChI=1S/C23H38N2O5/c1-16-4-3-5-17-14-19-20(21(27)23(16,17)2)18(22(28)30-19)15-25-8-6-24(7-9-25)10-12-29-13-11-26/h5,16,18-21,26-27H,3-4,6-15H2,1-2H3/p+2/t16-,18+,19-,20-,21+,23-/m1/s1. The zero-order chi connectivity index (χ0) is 21.3.